The predicted octanol–water partition coefficient (Wildman–Crippen LogP) is 1.79. The third-order valence-electron chi connectivity index (χ3n) is 3.34. The molecule has 0 fully saturated rings. The van der Waals surface area contributed by atoms with Gasteiger partial charge in [0.15, 0.2) is 0 Å². The van der Waals surface area contributed by atoms with E-state index in [9.17, 15) is 12.8 Å². The van der Waals surface area contributed by atoms with Crippen LogP contribution in [0.5, 0.6) is 0 Å². The molecule has 5 nitrogen and oxygen atoms in total. The maximum Gasteiger partial charge on any atom is 0.240 e. The topological polar surface area (TPSA) is 92.4 Å². The Hall–Kier alpha value is -1.18. The molecule has 0 unspecified atom stereocenters. The highest BCUT2D eigenvalue weighted by atomic mass is 32.2. The van der Waals surface area contributed by atoms with E-state index >= 15 is 0 Å². The number of halogens is 1. The minimum atomic E-state index is -3.75. The highest BCUT2D eigenvalue weighted by molar-refractivity contribution is 7.89. The second-order valence-corrected chi connectivity index (χ2v) is 7.69. The van der Waals surface area contributed by atoms with Gasteiger partial charge in [-0.2, -0.15) is 0 Å². The van der Waals surface area contributed by atoms with E-state index < -0.39 is 15.8 Å². The Balaban J connectivity index is 2.90. The van der Waals surface area contributed by atoms with Crippen molar-refractivity contribution in [3.05, 3.63) is 23.5 Å². The van der Waals surface area contributed by atoms with Gasteiger partial charge >= 0.3 is 0 Å². The van der Waals surface area contributed by atoms with Crippen LogP contribution in [0.3, 0.4) is 0 Å². The molecule has 0 saturated carbocycles. The fourth-order valence-electron chi connectivity index (χ4n) is 1.97. The lowest BCUT2D eigenvalue weighted by Gasteiger charge is -2.24. The number of benzene rings is 1. The van der Waals surface area contributed by atoms with Gasteiger partial charge in [-0.3, -0.25) is 0 Å². The molecule has 0 spiro atoms. The second-order valence-electron chi connectivity index (χ2n) is 5.96. The Labute approximate surface area is 125 Å². The SMILES string of the molecule is Cc1cc(F)c(N)cc1S(=O)(=O)NCC(C)(C)CCCO. The Morgan fingerprint density at radius 1 is 1.38 bits per heavy atom. The zero-order valence-corrected chi connectivity index (χ0v) is 13.4. The molecule has 0 atom stereocenters. The molecule has 120 valence electrons. The molecule has 1 rings (SSSR count). The van der Waals surface area contributed by atoms with Crippen LogP contribution in [-0.2, 0) is 10.0 Å². The molecule has 0 amide bonds. The summed E-state index contributed by atoms with van der Waals surface area (Å²) in [7, 11) is -3.75. The number of anilines is 1. The Bertz CT molecular complexity index is 600. The van der Waals surface area contributed by atoms with E-state index in [2.05, 4.69) is 4.72 Å². The molecule has 21 heavy (non-hydrogen) atoms. The molecular formula is C14H23FN2O3S. The fourth-order valence-corrected chi connectivity index (χ4v) is 3.47. The number of sulfonamides is 1. The third kappa shape index (κ3) is 4.94. The van der Waals surface area contributed by atoms with Crippen LogP contribution in [0.2, 0.25) is 0 Å². The van der Waals surface area contributed by atoms with Crippen molar-refractivity contribution in [2.45, 2.75) is 38.5 Å². The highest BCUT2D eigenvalue weighted by Gasteiger charge is 2.24. The lowest BCUT2D eigenvalue weighted by atomic mass is 9.88. The number of nitrogen functional groups attached to an aromatic ring is 1. The minimum Gasteiger partial charge on any atom is -0.396 e. The molecule has 0 aromatic heterocycles. The number of aliphatic hydroxyl groups is 1. The first kappa shape index (κ1) is 17.9. The first-order valence-electron chi connectivity index (χ1n) is 6.75. The lowest BCUT2D eigenvalue weighted by Crippen LogP contribution is -2.34. The highest BCUT2D eigenvalue weighted by Crippen LogP contribution is 2.24. The normalized spacial score (nSPS) is 12.6. The number of nitrogens with two attached hydrogens (primary N) is 1. The summed E-state index contributed by atoms with van der Waals surface area (Å²) >= 11 is 0. The summed E-state index contributed by atoms with van der Waals surface area (Å²) in [6.45, 7) is 5.65. The van der Waals surface area contributed by atoms with Crippen LogP contribution in [0.15, 0.2) is 17.0 Å². The molecule has 4 N–H and O–H groups in total. The van der Waals surface area contributed by atoms with Crippen LogP contribution in [-0.4, -0.2) is 26.7 Å². The summed E-state index contributed by atoms with van der Waals surface area (Å²) in [6, 6.07) is 2.24. The second kappa shape index (κ2) is 6.72. The zero-order chi connectivity index (χ0) is 16.3. The monoisotopic (exact) mass is 318 g/mol. The zero-order valence-electron chi connectivity index (χ0n) is 12.6. The predicted molar refractivity (Wildman–Crippen MR) is 80.8 cm³/mol. The van der Waals surface area contributed by atoms with E-state index in [4.69, 9.17) is 10.8 Å². The summed E-state index contributed by atoms with van der Waals surface area (Å²) in [6.07, 6.45) is 1.30. The quantitative estimate of drug-likeness (QED) is 0.668. The van der Waals surface area contributed by atoms with E-state index in [1.165, 1.54) is 6.92 Å². The van der Waals surface area contributed by atoms with Crippen molar-refractivity contribution in [1.29, 1.82) is 0 Å². The molecule has 1 aromatic rings. The van der Waals surface area contributed by atoms with Crippen LogP contribution >= 0.6 is 0 Å². The number of aryl methyl sites for hydroxylation is 1. The molecule has 0 saturated heterocycles. The Morgan fingerprint density at radius 2 is 2.00 bits per heavy atom. The van der Waals surface area contributed by atoms with Gasteiger partial charge in [0.1, 0.15) is 5.82 Å². The van der Waals surface area contributed by atoms with Gasteiger partial charge in [-0.1, -0.05) is 13.8 Å². The van der Waals surface area contributed by atoms with Crippen LogP contribution < -0.4 is 10.5 Å². The van der Waals surface area contributed by atoms with Gasteiger partial charge in [-0.15, -0.1) is 0 Å². The number of hydrogen-bond donors (Lipinski definition) is 3. The molecule has 7 heteroatoms. The number of nitrogens with one attached hydrogen (secondary N) is 1. The third-order valence-corrected chi connectivity index (χ3v) is 4.88. The maximum absolute atomic E-state index is 13.3. The van der Waals surface area contributed by atoms with Crippen LogP contribution in [0.1, 0.15) is 32.3 Å². The van der Waals surface area contributed by atoms with Gasteiger partial charge in [0, 0.05) is 13.2 Å². The van der Waals surface area contributed by atoms with Crippen molar-refractivity contribution in [2.75, 3.05) is 18.9 Å². The fraction of sp³-hybridized carbons (Fsp3) is 0.571. The van der Waals surface area contributed by atoms with Gasteiger partial charge in [-0.25, -0.2) is 17.5 Å². The summed E-state index contributed by atoms with van der Waals surface area (Å²) < 4.78 is 40.4. The van der Waals surface area contributed by atoms with Crippen LogP contribution in [0.4, 0.5) is 10.1 Å². The number of hydrogen-bond acceptors (Lipinski definition) is 4. The maximum atomic E-state index is 13.3. The van der Waals surface area contributed by atoms with Crippen molar-refractivity contribution in [1.82, 2.24) is 4.72 Å². The summed E-state index contributed by atoms with van der Waals surface area (Å²) in [4.78, 5) is -0.0145. The average molecular weight is 318 g/mol. The van der Waals surface area contributed by atoms with Crippen molar-refractivity contribution < 1.29 is 17.9 Å². The van der Waals surface area contributed by atoms with Crippen molar-refractivity contribution in [3.8, 4) is 0 Å². The average Bonchev–Trinajstić information content (AvgIpc) is 2.38. The molecule has 0 bridgehead atoms. The van der Waals surface area contributed by atoms with Crippen LogP contribution in [0.25, 0.3) is 0 Å². The molecule has 1 aromatic carbocycles. The minimum absolute atomic E-state index is 0.0145. The lowest BCUT2D eigenvalue weighted by molar-refractivity contribution is 0.242. The van der Waals surface area contributed by atoms with Crippen LogP contribution in [0, 0.1) is 18.2 Å². The van der Waals surface area contributed by atoms with E-state index in [0.29, 0.717) is 18.4 Å². The van der Waals surface area contributed by atoms with E-state index in [0.717, 1.165) is 12.1 Å². The smallest absolute Gasteiger partial charge is 0.240 e. The van der Waals surface area contributed by atoms with E-state index in [1.807, 2.05) is 13.8 Å². The Morgan fingerprint density at radius 3 is 2.57 bits per heavy atom. The summed E-state index contributed by atoms with van der Waals surface area (Å²) in [5.74, 6) is -0.630. The van der Waals surface area contributed by atoms with E-state index in [-0.39, 0.29) is 29.1 Å². The largest absolute Gasteiger partial charge is 0.396 e. The molecular weight excluding hydrogens is 295 g/mol. The molecule has 0 radical (unpaired) electrons. The number of rotatable bonds is 7. The molecule has 0 aliphatic heterocycles. The van der Waals surface area contributed by atoms with Gasteiger partial charge in [-0.05, 0) is 42.9 Å². The molecule has 0 aliphatic carbocycles. The summed E-state index contributed by atoms with van der Waals surface area (Å²) in [5, 5.41) is 8.84. The van der Waals surface area contributed by atoms with Gasteiger partial charge in [0.25, 0.3) is 0 Å². The first-order valence-corrected chi connectivity index (χ1v) is 8.23. The first-order chi connectivity index (χ1) is 9.59. The number of aliphatic hydroxyl groups excluding tert-OH is 1. The Kier molecular flexibility index (Phi) is 5.72. The van der Waals surface area contributed by atoms with Gasteiger partial charge in [0.2, 0.25) is 10.0 Å². The standard InChI is InChI=1S/C14H23FN2O3S/c1-10-7-11(15)12(16)8-13(10)21(19,20)17-9-14(2,3)5-4-6-18/h7-8,17-18H,4-6,9,16H2,1-3H3. The summed E-state index contributed by atoms with van der Waals surface area (Å²) in [5.41, 5.74) is 5.27. The van der Waals surface area contributed by atoms with Gasteiger partial charge < -0.3 is 10.8 Å². The van der Waals surface area contributed by atoms with Crippen molar-refractivity contribution >= 4 is 15.7 Å². The molecule has 0 aliphatic rings. The van der Waals surface area contributed by atoms with Crippen molar-refractivity contribution in [2.24, 2.45) is 5.41 Å². The van der Waals surface area contributed by atoms with Gasteiger partial charge in [0.05, 0.1) is 10.6 Å². The van der Waals surface area contributed by atoms with E-state index in [1.54, 1.807) is 0 Å². The van der Waals surface area contributed by atoms with Crippen molar-refractivity contribution in [3.63, 3.8) is 0 Å². The molecule has 0 heterocycles.